The highest BCUT2D eigenvalue weighted by Crippen LogP contribution is 2.40. The second-order valence-corrected chi connectivity index (χ2v) is 7.87. The highest BCUT2D eigenvalue weighted by Gasteiger charge is 2.35. The molecular formula is C23H18ClF4N3O3S. The van der Waals surface area contributed by atoms with Crippen molar-refractivity contribution in [3.8, 4) is 22.6 Å². The summed E-state index contributed by atoms with van der Waals surface area (Å²) in [7, 11) is 2.84. The molecule has 0 aliphatic carbocycles. The molecule has 6 nitrogen and oxygen atoms in total. The minimum atomic E-state index is -4.84. The van der Waals surface area contributed by atoms with Crippen LogP contribution in [0, 0.1) is 5.82 Å². The monoisotopic (exact) mass is 527 g/mol. The summed E-state index contributed by atoms with van der Waals surface area (Å²) < 4.78 is 66.7. The molecule has 0 aromatic heterocycles. The van der Waals surface area contributed by atoms with Crippen molar-refractivity contribution < 1.29 is 31.8 Å². The molecule has 0 bridgehead atoms. The highest BCUT2D eigenvalue weighted by molar-refractivity contribution is 7.80. The van der Waals surface area contributed by atoms with Crippen LogP contribution in [0.1, 0.15) is 15.9 Å². The fourth-order valence-electron chi connectivity index (χ4n) is 3.26. The third kappa shape index (κ3) is 5.75. The minimum Gasteiger partial charge on any atom is -0.495 e. The van der Waals surface area contributed by atoms with Crippen LogP contribution < -0.4 is 25.8 Å². The SMILES string of the molecule is COc1cc(OC)c(NC(=S)Nc2ccc(-c3cccc(C(N)=O)c3F)c(C(F)(F)F)c2)cc1Cl. The molecule has 3 aromatic carbocycles. The third-order valence-electron chi connectivity index (χ3n) is 4.86. The van der Waals surface area contributed by atoms with Gasteiger partial charge in [0.05, 0.1) is 36.1 Å². The van der Waals surface area contributed by atoms with E-state index in [2.05, 4.69) is 10.6 Å². The summed E-state index contributed by atoms with van der Waals surface area (Å²) in [5, 5.41) is 5.64. The molecule has 3 rings (SSSR count). The molecule has 184 valence electrons. The van der Waals surface area contributed by atoms with E-state index in [0.717, 1.165) is 24.3 Å². The normalized spacial score (nSPS) is 11.1. The third-order valence-corrected chi connectivity index (χ3v) is 5.36. The van der Waals surface area contributed by atoms with E-state index in [4.69, 9.17) is 39.0 Å². The molecule has 0 unspecified atom stereocenters. The van der Waals surface area contributed by atoms with E-state index >= 15 is 0 Å². The van der Waals surface area contributed by atoms with Crippen molar-refractivity contribution in [3.05, 3.63) is 70.5 Å². The van der Waals surface area contributed by atoms with Crippen molar-refractivity contribution in [2.45, 2.75) is 6.18 Å². The van der Waals surface area contributed by atoms with Gasteiger partial charge in [-0.25, -0.2) is 4.39 Å². The van der Waals surface area contributed by atoms with Crippen LogP contribution in [0.3, 0.4) is 0 Å². The van der Waals surface area contributed by atoms with Gasteiger partial charge < -0.3 is 25.8 Å². The number of hydrogen-bond acceptors (Lipinski definition) is 4. The Labute approximate surface area is 208 Å². The lowest BCUT2D eigenvalue weighted by Gasteiger charge is -2.18. The van der Waals surface area contributed by atoms with Gasteiger partial charge in [-0.05, 0) is 42.0 Å². The first kappa shape index (κ1) is 26.0. The molecule has 12 heteroatoms. The van der Waals surface area contributed by atoms with Gasteiger partial charge >= 0.3 is 6.18 Å². The zero-order valence-corrected chi connectivity index (χ0v) is 19.8. The second-order valence-electron chi connectivity index (χ2n) is 7.06. The number of anilines is 2. The van der Waals surface area contributed by atoms with Gasteiger partial charge in [0.2, 0.25) is 0 Å². The van der Waals surface area contributed by atoms with Crippen LogP contribution in [0.5, 0.6) is 11.5 Å². The molecule has 0 aliphatic heterocycles. The topological polar surface area (TPSA) is 85.6 Å². The summed E-state index contributed by atoms with van der Waals surface area (Å²) >= 11 is 11.3. The maximum Gasteiger partial charge on any atom is 0.417 e. The van der Waals surface area contributed by atoms with Crippen molar-refractivity contribution in [1.82, 2.24) is 0 Å². The Hall–Kier alpha value is -3.57. The molecule has 0 heterocycles. The van der Waals surface area contributed by atoms with E-state index < -0.39 is 40.2 Å². The van der Waals surface area contributed by atoms with Crippen LogP contribution in [0.15, 0.2) is 48.5 Å². The van der Waals surface area contributed by atoms with Crippen molar-refractivity contribution in [2.24, 2.45) is 5.73 Å². The maximum absolute atomic E-state index is 14.7. The fourth-order valence-corrected chi connectivity index (χ4v) is 3.73. The molecule has 4 N–H and O–H groups in total. The van der Waals surface area contributed by atoms with E-state index in [1.54, 1.807) is 0 Å². The Kier molecular flexibility index (Phi) is 7.71. The number of primary amides is 1. The van der Waals surface area contributed by atoms with Crippen molar-refractivity contribution in [1.29, 1.82) is 0 Å². The number of nitrogens with two attached hydrogens (primary N) is 1. The summed E-state index contributed by atoms with van der Waals surface area (Å²) in [5.41, 5.74) is 2.89. The standard InChI is InChI=1S/C23H18ClF4N3O3S/c1-33-18-10-19(34-2)17(9-16(18)24)31-22(35)30-11-6-7-12(15(8-11)23(26,27)28)13-4-3-5-14(20(13)25)21(29)32/h3-10H,1-2H3,(H2,29,32)(H2,30,31,35). The molecule has 0 atom stereocenters. The number of thiocarbonyl (C=S) groups is 1. The molecule has 0 saturated carbocycles. The Bertz CT molecular complexity index is 1300. The molecule has 0 fully saturated rings. The van der Waals surface area contributed by atoms with Crippen molar-refractivity contribution in [3.63, 3.8) is 0 Å². The van der Waals surface area contributed by atoms with Gasteiger partial charge in [0.1, 0.15) is 17.3 Å². The molecule has 0 radical (unpaired) electrons. The van der Waals surface area contributed by atoms with Gasteiger partial charge in [-0.2, -0.15) is 13.2 Å². The number of methoxy groups -OCH3 is 2. The van der Waals surface area contributed by atoms with Gasteiger partial charge in [-0.3, -0.25) is 4.79 Å². The molecule has 35 heavy (non-hydrogen) atoms. The lowest BCUT2D eigenvalue weighted by molar-refractivity contribution is -0.137. The van der Waals surface area contributed by atoms with Gasteiger partial charge in [0.25, 0.3) is 5.91 Å². The lowest BCUT2D eigenvalue weighted by atomic mass is 9.96. The van der Waals surface area contributed by atoms with Crippen LogP contribution >= 0.6 is 23.8 Å². The lowest BCUT2D eigenvalue weighted by Crippen LogP contribution is -2.20. The number of ether oxygens (including phenoxy) is 2. The van der Waals surface area contributed by atoms with E-state index in [0.29, 0.717) is 17.2 Å². The van der Waals surface area contributed by atoms with Crippen LogP contribution in [-0.2, 0) is 6.18 Å². The number of halogens is 5. The molecule has 0 aliphatic rings. The van der Waals surface area contributed by atoms with E-state index in [1.165, 1.54) is 38.5 Å². The molecule has 0 spiro atoms. The molecule has 0 saturated heterocycles. The van der Waals surface area contributed by atoms with Gasteiger partial charge in [-0.15, -0.1) is 0 Å². The summed E-state index contributed by atoms with van der Waals surface area (Å²) in [5.74, 6) is -1.56. The van der Waals surface area contributed by atoms with Crippen LogP contribution in [0.25, 0.3) is 11.1 Å². The largest absolute Gasteiger partial charge is 0.495 e. The number of carbonyl (C=O) groups is 1. The summed E-state index contributed by atoms with van der Waals surface area (Å²) in [6.07, 6.45) is -4.84. The van der Waals surface area contributed by atoms with Crippen LogP contribution in [-0.4, -0.2) is 25.2 Å². The van der Waals surface area contributed by atoms with Gasteiger partial charge in [0.15, 0.2) is 5.11 Å². The van der Waals surface area contributed by atoms with Crippen LogP contribution in [0.4, 0.5) is 28.9 Å². The quantitative estimate of drug-likeness (QED) is 0.266. The Balaban J connectivity index is 1.95. The predicted octanol–water partition coefficient (Wildman–Crippen LogP) is 6.09. The van der Waals surface area contributed by atoms with Gasteiger partial charge in [0, 0.05) is 17.3 Å². The maximum atomic E-state index is 14.7. The van der Waals surface area contributed by atoms with Crippen molar-refractivity contribution >= 4 is 46.2 Å². The van der Waals surface area contributed by atoms with Crippen LogP contribution in [0.2, 0.25) is 5.02 Å². The van der Waals surface area contributed by atoms with Crippen molar-refractivity contribution in [2.75, 3.05) is 24.9 Å². The molecule has 1 amide bonds. The van der Waals surface area contributed by atoms with E-state index in [9.17, 15) is 22.4 Å². The number of hydrogen-bond donors (Lipinski definition) is 3. The van der Waals surface area contributed by atoms with E-state index in [1.807, 2.05) is 0 Å². The first-order valence-corrected chi connectivity index (χ1v) is 10.5. The first-order valence-electron chi connectivity index (χ1n) is 9.75. The van der Waals surface area contributed by atoms with Gasteiger partial charge in [-0.1, -0.05) is 29.8 Å². The number of amides is 1. The zero-order valence-electron chi connectivity index (χ0n) is 18.2. The average molecular weight is 528 g/mol. The zero-order chi connectivity index (χ0) is 25.9. The highest BCUT2D eigenvalue weighted by atomic mass is 35.5. The summed E-state index contributed by atoms with van der Waals surface area (Å²) in [4.78, 5) is 11.4. The Morgan fingerprint density at radius 2 is 1.69 bits per heavy atom. The Morgan fingerprint density at radius 3 is 2.29 bits per heavy atom. The molecular weight excluding hydrogens is 510 g/mol. The predicted molar refractivity (Wildman–Crippen MR) is 130 cm³/mol. The minimum absolute atomic E-state index is 0.0244. The first-order chi connectivity index (χ1) is 16.5. The number of rotatable bonds is 6. The molecule has 3 aromatic rings. The number of carbonyl (C=O) groups excluding carboxylic acids is 1. The number of benzene rings is 3. The fraction of sp³-hybridized carbons (Fsp3) is 0.130. The Morgan fingerprint density at radius 1 is 1.00 bits per heavy atom. The summed E-state index contributed by atoms with van der Waals surface area (Å²) in [6.45, 7) is 0. The summed E-state index contributed by atoms with van der Waals surface area (Å²) in [6, 6.07) is 9.59. The average Bonchev–Trinajstić information content (AvgIpc) is 2.78. The van der Waals surface area contributed by atoms with E-state index in [-0.39, 0.29) is 15.8 Å². The second kappa shape index (κ2) is 10.4. The smallest absolute Gasteiger partial charge is 0.417 e. The number of alkyl halides is 3. The number of nitrogens with one attached hydrogen (secondary N) is 2.